The maximum absolute atomic E-state index is 13.7. The van der Waals surface area contributed by atoms with Gasteiger partial charge in [0.15, 0.2) is 0 Å². The predicted octanol–water partition coefficient (Wildman–Crippen LogP) is 2.06. The Hall–Kier alpha value is -2.41. The van der Waals surface area contributed by atoms with Crippen molar-refractivity contribution >= 4 is 11.9 Å². The molecule has 0 aromatic carbocycles. The summed E-state index contributed by atoms with van der Waals surface area (Å²) >= 11 is 0. The van der Waals surface area contributed by atoms with E-state index in [4.69, 9.17) is 10.8 Å². The molecule has 0 saturated heterocycles. The van der Waals surface area contributed by atoms with Crippen LogP contribution in [0.15, 0.2) is 47.6 Å². The second kappa shape index (κ2) is 9.17. The second-order valence-corrected chi connectivity index (χ2v) is 6.07. The summed E-state index contributed by atoms with van der Waals surface area (Å²) in [5, 5.41) is 28.4. The van der Waals surface area contributed by atoms with Gasteiger partial charge in [0.05, 0.1) is 11.9 Å². The van der Waals surface area contributed by atoms with Crippen LogP contribution in [0.5, 0.6) is 0 Å². The van der Waals surface area contributed by atoms with Gasteiger partial charge in [-0.2, -0.15) is 0 Å². The Kier molecular flexibility index (Phi) is 6.94. The number of halogens is 1. The van der Waals surface area contributed by atoms with E-state index in [0.717, 1.165) is 25.5 Å². The molecule has 0 aromatic rings. The van der Waals surface area contributed by atoms with Gasteiger partial charge in [0, 0.05) is 42.9 Å². The highest BCUT2D eigenvalue weighted by atomic mass is 19.1. The molecule has 1 heterocycles. The number of alkyl halides is 1. The van der Waals surface area contributed by atoms with E-state index in [-0.39, 0.29) is 11.9 Å². The summed E-state index contributed by atoms with van der Waals surface area (Å²) in [6.45, 7) is 1.32. The molecule has 7 heteroatoms. The van der Waals surface area contributed by atoms with Gasteiger partial charge in [0.1, 0.15) is 12.0 Å². The Labute approximate surface area is 148 Å². The molecular formula is C18H27FN6. The maximum atomic E-state index is 13.7. The minimum absolute atomic E-state index is 0.105. The number of rotatable bonds is 7. The van der Waals surface area contributed by atoms with Gasteiger partial charge >= 0.3 is 0 Å². The fraction of sp³-hybridized carbons (Fsp3) is 0.444. The first-order valence-corrected chi connectivity index (χ1v) is 8.54. The Morgan fingerprint density at radius 3 is 2.84 bits per heavy atom. The van der Waals surface area contributed by atoms with Crippen LogP contribution in [0.1, 0.15) is 26.2 Å². The molecule has 6 nitrogen and oxygen atoms in total. The van der Waals surface area contributed by atoms with Gasteiger partial charge in [-0.25, -0.2) is 4.39 Å². The third kappa shape index (κ3) is 5.03. The van der Waals surface area contributed by atoms with Crippen molar-refractivity contribution in [3.63, 3.8) is 0 Å². The minimum atomic E-state index is -1.42. The van der Waals surface area contributed by atoms with Crippen molar-refractivity contribution in [3.05, 3.63) is 47.6 Å². The molecular weight excluding hydrogens is 319 g/mol. The summed E-state index contributed by atoms with van der Waals surface area (Å²) in [7, 11) is 1.68. The Balaban J connectivity index is 2.22. The first-order valence-electron chi connectivity index (χ1n) is 8.54. The molecule has 0 saturated carbocycles. The zero-order valence-corrected chi connectivity index (χ0v) is 14.7. The predicted molar refractivity (Wildman–Crippen MR) is 100 cm³/mol. The van der Waals surface area contributed by atoms with Crippen LogP contribution in [-0.2, 0) is 0 Å². The topological polar surface area (TPSA) is 95.8 Å². The van der Waals surface area contributed by atoms with Crippen molar-refractivity contribution < 1.29 is 4.39 Å². The van der Waals surface area contributed by atoms with Crippen molar-refractivity contribution in [3.8, 4) is 0 Å². The highest BCUT2D eigenvalue weighted by molar-refractivity contribution is 6.10. The third-order valence-electron chi connectivity index (χ3n) is 4.14. The normalized spacial score (nSPS) is 26.3. The van der Waals surface area contributed by atoms with Crippen molar-refractivity contribution in [1.82, 2.24) is 21.3 Å². The van der Waals surface area contributed by atoms with Crippen LogP contribution in [0.4, 0.5) is 4.39 Å². The van der Waals surface area contributed by atoms with Crippen molar-refractivity contribution in [2.75, 3.05) is 7.05 Å². The van der Waals surface area contributed by atoms with Crippen LogP contribution in [-0.4, -0.2) is 37.4 Å². The van der Waals surface area contributed by atoms with Gasteiger partial charge in [0.2, 0.25) is 0 Å². The SMILES string of the molecule is CN/C=C(C(=N)C(C)F)/C(C=N)=C1/NC=CC(NC2C=CCCC2)N1. The molecule has 2 aliphatic rings. The molecule has 3 unspecified atom stereocenters. The molecule has 2 rings (SSSR count). The van der Waals surface area contributed by atoms with E-state index >= 15 is 0 Å². The van der Waals surface area contributed by atoms with Crippen LogP contribution in [0.2, 0.25) is 0 Å². The standard InChI is InChI=1S/C18H27FN6/c1-12(19)17(21)15(11-22-2)14(10-20)18-23-9-8-16(25-18)24-13-6-4-3-5-7-13/h4,6,8-13,16,20-25H,3,5,7H2,1-2H3/b15-11-,18-14-,20-10?,21-17?. The Morgan fingerprint density at radius 1 is 1.44 bits per heavy atom. The van der Waals surface area contributed by atoms with Crippen LogP contribution < -0.4 is 21.3 Å². The van der Waals surface area contributed by atoms with Crippen LogP contribution in [0.3, 0.4) is 0 Å². The molecule has 136 valence electrons. The Bertz CT molecular complexity index is 617. The molecule has 3 atom stereocenters. The molecule has 6 N–H and O–H groups in total. The van der Waals surface area contributed by atoms with Gasteiger partial charge in [0.25, 0.3) is 0 Å². The molecule has 1 aliphatic carbocycles. The van der Waals surface area contributed by atoms with Gasteiger partial charge in [-0.3, -0.25) is 5.32 Å². The lowest BCUT2D eigenvalue weighted by Crippen LogP contribution is -2.50. The zero-order valence-electron chi connectivity index (χ0n) is 14.7. The summed E-state index contributed by atoms with van der Waals surface area (Å²) in [6.07, 6.45) is 12.6. The van der Waals surface area contributed by atoms with Gasteiger partial charge in [-0.15, -0.1) is 0 Å². The van der Waals surface area contributed by atoms with Gasteiger partial charge in [-0.1, -0.05) is 12.2 Å². The number of nitrogens with one attached hydrogen (secondary N) is 6. The van der Waals surface area contributed by atoms with E-state index in [9.17, 15) is 4.39 Å². The van der Waals surface area contributed by atoms with E-state index in [0.29, 0.717) is 23.0 Å². The number of allylic oxidation sites excluding steroid dienone is 3. The summed E-state index contributed by atoms with van der Waals surface area (Å²) in [6, 6.07) is 0.301. The maximum Gasteiger partial charge on any atom is 0.139 e. The summed E-state index contributed by atoms with van der Waals surface area (Å²) in [4.78, 5) is 0. The van der Waals surface area contributed by atoms with E-state index in [1.165, 1.54) is 6.92 Å². The van der Waals surface area contributed by atoms with E-state index < -0.39 is 6.17 Å². The van der Waals surface area contributed by atoms with Crippen molar-refractivity contribution in [2.45, 2.75) is 44.6 Å². The summed E-state index contributed by atoms with van der Waals surface area (Å²) in [5.41, 5.74) is 0.603. The average Bonchev–Trinajstić information content (AvgIpc) is 2.62. The largest absolute Gasteiger partial charge is 0.393 e. The van der Waals surface area contributed by atoms with Gasteiger partial charge in [-0.05, 0) is 32.3 Å². The number of hydrogen-bond donors (Lipinski definition) is 6. The van der Waals surface area contributed by atoms with Crippen LogP contribution in [0, 0.1) is 10.8 Å². The van der Waals surface area contributed by atoms with Crippen LogP contribution >= 0.6 is 0 Å². The lowest BCUT2D eigenvalue weighted by Gasteiger charge is -2.30. The van der Waals surface area contributed by atoms with E-state index in [2.05, 4.69) is 33.4 Å². The minimum Gasteiger partial charge on any atom is -0.393 e. The highest BCUT2D eigenvalue weighted by Gasteiger charge is 2.22. The fourth-order valence-corrected chi connectivity index (χ4v) is 2.85. The molecule has 25 heavy (non-hydrogen) atoms. The third-order valence-corrected chi connectivity index (χ3v) is 4.14. The van der Waals surface area contributed by atoms with Crippen molar-refractivity contribution in [2.24, 2.45) is 0 Å². The van der Waals surface area contributed by atoms with Gasteiger partial charge < -0.3 is 26.8 Å². The summed E-state index contributed by atoms with van der Waals surface area (Å²) < 4.78 is 13.7. The number of hydrogen-bond acceptors (Lipinski definition) is 6. The second-order valence-electron chi connectivity index (χ2n) is 6.07. The quantitative estimate of drug-likeness (QED) is 0.314. The molecule has 1 aliphatic heterocycles. The van der Waals surface area contributed by atoms with Crippen molar-refractivity contribution in [1.29, 1.82) is 10.8 Å². The first kappa shape index (κ1) is 18.9. The first-order chi connectivity index (χ1) is 12.1. The molecule has 0 spiro atoms. The van der Waals surface area contributed by atoms with E-state index in [1.807, 2.05) is 6.08 Å². The monoisotopic (exact) mass is 346 g/mol. The lowest BCUT2D eigenvalue weighted by atomic mass is 9.99. The average molecular weight is 346 g/mol. The zero-order chi connectivity index (χ0) is 18.2. The Morgan fingerprint density at radius 2 is 2.24 bits per heavy atom. The molecule has 0 radical (unpaired) electrons. The smallest absolute Gasteiger partial charge is 0.139 e. The lowest BCUT2D eigenvalue weighted by molar-refractivity contribution is 0.437. The highest BCUT2D eigenvalue weighted by Crippen LogP contribution is 2.17. The van der Waals surface area contributed by atoms with Crippen LogP contribution in [0.25, 0.3) is 0 Å². The summed E-state index contributed by atoms with van der Waals surface area (Å²) in [5.74, 6) is 0.571. The fourth-order valence-electron chi connectivity index (χ4n) is 2.85. The van der Waals surface area contributed by atoms with E-state index in [1.54, 1.807) is 19.4 Å². The molecule has 0 aromatic heterocycles. The molecule has 0 bridgehead atoms. The molecule has 0 amide bonds. The molecule has 0 fully saturated rings.